The zero-order valence-corrected chi connectivity index (χ0v) is 14.0. The van der Waals surface area contributed by atoms with E-state index in [9.17, 15) is 0 Å². The first-order valence-electron chi connectivity index (χ1n) is 7.38. The van der Waals surface area contributed by atoms with E-state index in [-0.39, 0.29) is 0 Å². The van der Waals surface area contributed by atoms with Crippen LogP contribution in [0.15, 0.2) is 47.4 Å². The fourth-order valence-corrected chi connectivity index (χ4v) is 4.16. The van der Waals surface area contributed by atoms with Crippen molar-refractivity contribution in [3.8, 4) is 0 Å². The van der Waals surface area contributed by atoms with Crippen molar-refractivity contribution in [3.63, 3.8) is 0 Å². The summed E-state index contributed by atoms with van der Waals surface area (Å²) >= 11 is 8.11. The Hall–Kier alpha value is -0.960. The van der Waals surface area contributed by atoms with Gasteiger partial charge in [-0.05, 0) is 55.3 Å². The Morgan fingerprint density at radius 2 is 2.10 bits per heavy atom. The highest BCUT2D eigenvalue weighted by atomic mass is 35.5. The summed E-state index contributed by atoms with van der Waals surface area (Å²) in [7, 11) is 0. The Morgan fingerprint density at radius 3 is 2.90 bits per heavy atom. The Morgan fingerprint density at radius 1 is 1.24 bits per heavy atom. The van der Waals surface area contributed by atoms with Crippen LogP contribution in [0.5, 0.6) is 0 Å². The van der Waals surface area contributed by atoms with Crippen LogP contribution in [0, 0.1) is 6.92 Å². The van der Waals surface area contributed by atoms with E-state index in [2.05, 4.69) is 55.6 Å². The second-order valence-electron chi connectivity index (χ2n) is 5.67. The molecule has 0 aromatic heterocycles. The molecule has 1 heterocycles. The van der Waals surface area contributed by atoms with E-state index < -0.39 is 0 Å². The summed E-state index contributed by atoms with van der Waals surface area (Å²) in [5, 5.41) is 4.60. The molecule has 0 saturated carbocycles. The molecule has 3 rings (SSSR count). The number of fused-ring (bicyclic) bond motifs is 1. The molecule has 2 aromatic rings. The third-order valence-corrected chi connectivity index (χ3v) is 5.36. The van der Waals surface area contributed by atoms with Crippen molar-refractivity contribution < 1.29 is 0 Å². The number of benzene rings is 2. The van der Waals surface area contributed by atoms with Crippen LogP contribution >= 0.6 is 23.4 Å². The number of rotatable bonds is 3. The Balaban J connectivity index is 1.81. The largest absolute Gasteiger partial charge is 0.303 e. The van der Waals surface area contributed by atoms with Gasteiger partial charge in [0.05, 0.1) is 0 Å². The SMILES string of the molecule is Cc1cccc(C(C)NC2CCSc3ccc(Cl)cc32)c1. The Kier molecular flexibility index (Phi) is 4.58. The van der Waals surface area contributed by atoms with E-state index in [1.807, 2.05) is 17.8 Å². The lowest BCUT2D eigenvalue weighted by molar-refractivity contribution is 0.450. The molecule has 21 heavy (non-hydrogen) atoms. The smallest absolute Gasteiger partial charge is 0.0410 e. The molecule has 0 fully saturated rings. The zero-order chi connectivity index (χ0) is 14.8. The van der Waals surface area contributed by atoms with Gasteiger partial charge in [0.2, 0.25) is 0 Å². The van der Waals surface area contributed by atoms with E-state index in [0.717, 1.165) is 17.2 Å². The number of hydrogen-bond donors (Lipinski definition) is 1. The van der Waals surface area contributed by atoms with Gasteiger partial charge in [-0.15, -0.1) is 11.8 Å². The van der Waals surface area contributed by atoms with Gasteiger partial charge in [0.15, 0.2) is 0 Å². The van der Waals surface area contributed by atoms with Crippen LogP contribution in [0.4, 0.5) is 0 Å². The normalized spacial score (nSPS) is 19.1. The number of hydrogen-bond acceptors (Lipinski definition) is 2. The zero-order valence-electron chi connectivity index (χ0n) is 12.4. The highest BCUT2D eigenvalue weighted by Gasteiger charge is 2.22. The third kappa shape index (κ3) is 3.45. The highest BCUT2D eigenvalue weighted by Crippen LogP contribution is 2.38. The monoisotopic (exact) mass is 317 g/mol. The van der Waals surface area contributed by atoms with Crippen molar-refractivity contribution in [1.29, 1.82) is 0 Å². The number of halogens is 1. The van der Waals surface area contributed by atoms with Crippen molar-refractivity contribution in [2.45, 2.75) is 37.2 Å². The summed E-state index contributed by atoms with van der Waals surface area (Å²) in [4.78, 5) is 1.36. The fraction of sp³-hybridized carbons (Fsp3) is 0.333. The van der Waals surface area contributed by atoms with Crippen molar-refractivity contribution in [3.05, 3.63) is 64.2 Å². The minimum atomic E-state index is 0.338. The second kappa shape index (κ2) is 6.43. The van der Waals surface area contributed by atoms with Crippen molar-refractivity contribution in [1.82, 2.24) is 5.32 Å². The van der Waals surface area contributed by atoms with Crippen LogP contribution < -0.4 is 5.32 Å². The summed E-state index contributed by atoms with van der Waals surface area (Å²) in [6.45, 7) is 4.38. The van der Waals surface area contributed by atoms with Gasteiger partial charge in [0.1, 0.15) is 0 Å². The van der Waals surface area contributed by atoms with E-state index in [0.29, 0.717) is 12.1 Å². The summed E-state index contributed by atoms with van der Waals surface area (Å²) < 4.78 is 0. The maximum absolute atomic E-state index is 6.18. The lowest BCUT2D eigenvalue weighted by Gasteiger charge is -2.29. The summed E-state index contributed by atoms with van der Waals surface area (Å²) in [6, 6.07) is 15.7. The van der Waals surface area contributed by atoms with Crippen LogP contribution in [-0.4, -0.2) is 5.75 Å². The summed E-state index contributed by atoms with van der Waals surface area (Å²) in [5.74, 6) is 1.16. The molecule has 1 nitrogen and oxygen atoms in total. The highest BCUT2D eigenvalue weighted by molar-refractivity contribution is 7.99. The fourth-order valence-electron chi connectivity index (χ4n) is 2.88. The minimum absolute atomic E-state index is 0.338. The topological polar surface area (TPSA) is 12.0 Å². The lowest BCUT2D eigenvalue weighted by atomic mass is 10.00. The predicted octanol–water partition coefficient (Wildman–Crippen LogP) is 5.54. The standard InChI is InChI=1S/C18H20ClNS/c1-12-4-3-5-14(10-12)13(2)20-17-8-9-21-18-7-6-15(19)11-16(17)18/h3-7,10-11,13,17,20H,8-9H2,1-2H3. The molecular formula is C18H20ClNS. The summed E-state index contributed by atoms with van der Waals surface area (Å²) in [6.07, 6.45) is 1.15. The van der Waals surface area contributed by atoms with E-state index in [1.165, 1.54) is 21.6 Å². The molecular weight excluding hydrogens is 298 g/mol. The molecule has 1 aliphatic rings. The minimum Gasteiger partial charge on any atom is -0.303 e. The molecule has 110 valence electrons. The van der Waals surface area contributed by atoms with Gasteiger partial charge in [-0.1, -0.05) is 41.4 Å². The molecule has 2 unspecified atom stereocenters. The second-order valence-corrected chi connectivity index (χ2v) is 7.25. The first kappa shape index (κ1) is 15.0. The quantitative estimate of drug-likeness (QED) is 0.798. The maximum atomic E-state index is 6.18. The van der Waals surface area contributed by atoms with Crippen molar-refractivity contribution >= 4 is 23.4 Å². The van der Waals surface area contributed by atoms with Crippen molar-refractivity contribution in [2.75, 3.05) is 5.75 Å². The molecule has 1 N–H and O–H groups in total. The molecule has 0 aliphatic carbocycles. The van der Waals surface area contributed by atoms with Gasteiger partial charge in [-0.3, -0.25) is 0 Å². The van der Waals surface area contributed by atoms with Crippen LogP contribution in [0.1, 0.15) is 42.1 Å². The number of aryl methyl sites for hydroxylation is 1. The van der Waals surface area contributed by atoms with Gasteiger partial charge in [-0.2, -0.15) is 0 Å². The van der Waals surface area contributed by atoms with Gasteiger partial charge in [-0.25, -0.2) is 0 Å². The maximum Gasteiger partial charge on any atom is 0.0410 e. The molecule has 2 aromatic carbocycles. The molecule has 3 heteroatoms. The molecule has 0 bridgehead atoms. The van der Waals surface area contributed by atoms with Gasteiger partial charge >= 0.3 is 0 Å². The first-order chi connectivity index (χ1) is 10.1. The number of thioether (sulfide) groups is 1. The summed E-state index contributed by atoms with van der Waals surface area (Å²) in [5.41, 5.74) is 4.00. The molecule has 0 amide bonds. The average Bonchev–Trinajstić information content (AvgIpc) is 2.48. The van der Waals surface area contributed by atoms with Crippen LogP contribution in [-0.2, 0) is 0 Å². The Bertz CT molecular complexity index is 641. The third-order valence-electron chi connectivity index (χ3n) is 4.00. The van der Waals surface area contributed by atoms with Crippen LogP contribution in [0.2, 0.25) is 5.02 Å². The molecule has 1 aliphatic heterocycles. The van der Waals surface area contributed by atoms with Gasteiger partial charge in [0.25, 0.3) is 0 Å². The van der Waals surface area contributed by atoms with E-state index in [1.54, 1.807) is 0 Å². The van der Waals surface area contributed by atoms with Crippen LogP contribution in [0.3, 0.4) is 0 Å². The van der Waals surface area contributed by atoms with Gasteiger partial charge < -0.3 is 5.32 Å². The predicted molar refractivity (Wildman–Crippen MR) is 92.3 cm³/mol. The first-order valence-corrected chi connectivity index (χ1v) is 8.75. The molecule has 2 atom stereocenters. The van der Waals surface area contributed by atoms with Gasteiger partial charge in [0, 0.05) is 22.0 Å². The molecule has 0 radical (unpaired) electrons. The van der Waals surface area contributed by atoms with E-state index >= 15 is 0 Å². The Labute approximate surface area is 136 Å². The average molecular weight is 318 g/mol. The molecule has 0 saturated heterocycles. The van der Waals surface area contributed by atoms with E-state index in [4.69, 9.17) is 11.6 Å². The molecule has 0 spiro atoms. The van der Waals surface area contributed by atoms with Crippen molar-refractivity contribution in [2.24, 2.45) is 0 Å². The van der Waals surface area contributed by atoms with Crippen LogP contribution in [0.25, 0.3) is 0 Å². The number of nitrogens with one attached hydrogen (secondary N) is 1. The lowest BCUT2D eigenvalue weighted by Crippen LogP contribution is -2.27.